The quantitative estimate of drug-likeness (QED) is 0.853. The average molecular weight is 329 g/mol. The van der Waals surface area contributed by atoms with Gasteiger partial charge in [0, 0.05) is 12.1 Å². The second-order valence-corrected chi connectivity index (χ2v) is 5.16. The summed E-state index contributed by atoms with van der Waals surface area (Å²) in [5.74, 6) is -2.37. The largest absolute Gasteiger partial charge is 0.503 e. The van der Waals surface area contributed by atoms with E-state index in [9.17, 15) is 19.1 Å². The molecule has 1 heterocycles. The normalized spacial score (nSPS) is 14.7. The van der Waals surface area contributed by atoms with Gasteiger partial charge in [0.1, 0.15) is 5.82 Å². The van der Waals surface area contributed by atoms with Gasteiger partial charge in [-0.15, -0.1) is 0 Å². The molecule has 1 aliphatic heterocycles. The molecule has 8 heteroatoms. The fourth-order valence-corrected chi connectivity index (χ4v) is 2.26. The molecule has 0 atom stereocenters. The predicted octanol–water partition coefficient (Wildman–Crippen LogP) is 1.65. The van der Waals surface area contributed by atoms with Gasteiger partial charge in [-0.3, -0.25) is 14.4 Å². The molecule has 2 amide bonds. The van der Waals surface area contributed by atoms with Crippen LogP contribution in [0, 0.1) is 5.82 Å². The van der Waals surface area contributed by atoms with Crippen molar-refractivity contribution in [2.75, 3.05) is 20.7 Å². The summed E-state index contributed by atoms with van der Waals surface area (Å²) < 4.78 is 13.0. The Kier molecular flexibility index (Phi) is 4.68. The molecular weight excluding hydrogens is 315 g/mol. The van der Waals surface area contributed by atoms with E-state index in [4.69, 9.17) is 16.4 Å². The van der Waals surface area contributed by atoms with Gasteiger partial charge in [-0.25, -0.2) is 9.45 Å². The molecular formula is C14H14ClFN2O4. The number of hydrogen-bond donors (Lipinski definition) is 1. The molecule has 118 valence electrons. The number of aliphatic hydroxyl groups is 1. The summed E-state index contributed by atoms with van der Waals surface area (Å²) in [5.41, 5.74) is 0.406. The van der Waals surface area contributed by atoms with E-state index >= 15 is 0 Å². The van der Waals surface area contributed by atoms with Crippen LogP contribution in [0.4, 0.5) is 4.39 Å². The Morgan fingerprint density at radius 2 is 2.23 bits per heavy atom. The first kappa shape index (κ1) is 16.3. The van der Waals surface area contributed by atoms with E-state index in [1.165, 1.54) is 31.2 Å². The van der Waals surface area contributed by atoms with Crippen LogP contribution in [0.1, 0.15) is 5.56 Å². The van der Waals surface area contributed by atoms with Gasteiger partial charge >= 0.3 is 0 Å². The minimum Gasteiger partial charge on any atom is -0.503 e. The number of aliphatic hydroxyl groups excluding tert-OH is 1. The first-order valence-electron chi connectivity index (χ1n) is 6.32. The number of benzene rings is 1. The lowest BCUT2D eigenvalue weighted by molar-refractivity contribution is -0.174. The standard InChI is InChI=1S/C14H14ClFN2O4/c1-17-7-10(12(19)14(17)21)13(20)18(22-2)6-8-3-4-9(16)5-11(8)15/h3-5,19H,6-7H2,1-2H3. The molecule has 0 bridgehead atoms. The van der Waals surface area contributed by atoms with E-state index in [0.717, 1.165) is 11.1 Å². The van der Waals surface area contributed by atoms with Crippen LogP contribution in [0.3, 0.4) is 0 Å². The van der Waals surface area contributed by atoms with Gasteiger partial charge in [0.15, 0.2) is 5.76 Å². The first-order valence-corrected chi connectivity index (χ1v) is 6.70. The van der Waals surface area contributed by atoms with Gasteiger partial charge < -0.3 is 10.0 Å². The molecule has 0 spiro atoms. The lowest BCUT2D eigenvalue weighted by Crippen LogP contribution is -2.32. The number of likely N-dealkylation sites (N-methyl/N-ethyl adjacent to an activating group) is 1. The van der Waals surface area contributed by atoms with Crippen molar-refractivity contribution in [1.29, 1.82) is 0 Å². The molecule has 1 aromatic carbocycles. The zero-order valence-corrected chi connectivity index (χ0v) is 12.7. The number of nitrogens with zero attached hydrogens (tertiary/aromatic N) is 2. The van der Waals surface area contributed by atoms with Crippen molar-refractivity contribution in [3.63, 3.8) is 0 Å². The fraction of sp³-hybridized carbons (Fsp3) is 0.286. The summed E-state index contributed by atoms with van der Waals surface area (Å²) in [5, 5.41) is 10.8. The Morgan fingerprint density at radius 1 is 1.55 bits per heavy atom. The Morgan fingerprint density at radius 3 is 2.73 bits per heavy atom. The summed E-state index contributed by atoms with van der Waals surface area (Å²) >= 11 is 5.91. The lowest BCUT2D eigenvalue weighted by Gasteiger charge is -2.21. The van der Waals surface area contributed by atoms with Crippen molar-refractivity contribution in [1.82, 2.24) is 9.96 Å². The van der Waals surface area contributed by atoms with Gasteiger partial charge in [-0.1, -0.05) is 17.7 Å². The summed E-state index contributed by atoms with van der Waals surface area (Å²) in [4.78, 5) is 30.1. The minimum atomic E-state index is -0.655. The van der Waals surface area contributed by atoms with Crippen molar-refractivity contribution in [2.24, 2.45) is 0 Å². The molecule has 1 aromatic rings. The Bertz CT molecular complexity index is 662. The molecule has 2 rings (SSSR count). The van der Waals surface area contributed by atoms with E-state index in [0.29, 0.717) is 5.56 Å². The van der Waals surface area contributed by atoms with Gasteiger partial charge in [0.05, 0.1) is 25.8 Å². The third-order valence-corrected chi connectivity index (χ3v) is 3.62. The van der Waals surface area contributed by atoms with Crippen LogP contribution in [0.5, 0.6) is 0 Å². The van der Waals surface area contributed by atoms with Crippen molar-refractivity contribution in [3.05, 3.63) is 45.9 Å². The molecule has 1 aliphatic rings. The van der Waals surface area contributed by atoms with Crippen molar-refractivity contribution in [2.45, 2.75) is 6.54 Å². The highest BCUT2D eigenvalue weighted by Gasteiger charge is 2.34. The number of amides is 2. The van der Waals surface area contributed by atoms with Crippen LogP contribution in [-0.2, 0) is 21.0 Å². The van der Waals surface area contributed by atoms with E-state index in [1.54, 1.807) is 0 Å². The maximum absolute atomic E-state index is 13.0. The number of carbonyl (C=O) groups excluding carboxylic acids is 2. The number of halogens is 2. The highest BCUT2D eigenvalue weighted by atomic mass is 35.5. The fourth-order valence-electron chi connectivity index (χ4n) is 2.04. The molecule has 0 saturated heterocycles. The molecule has 0 saturated carbocycles. The molecule has 0 aromatic heterocycles. The third-order valence-electron chi connectivity index (χ3n) is 3.26. The van der Waals surface area contributed by atoms with Crippen LogP contribution in [0.15, 0.2) is 29.5 Å². The van der Waals surface area contributed by atoms with E-state index in [-0.39, 0.29) is 23.7 Å². The summed E-state index contributed by atoms with van der Waals surface area (Å²) in [7, 11) is 2.74. The molecule has 0 aliphatic carbocycles. The van der Waals surface area contributed by atoms with E-state index in [2.05, 4.69) is 0 Å². The molecule has 0 fully saturated rings. The maximum atomic E-state index is 13.0. The monoisotopic (exact) mass is 328 g/mol. The van der Waals surface area contributed by atoms with Gasteiger partial charge in [0.2, 0.25) is 0 Å². The van der Waals surface area contributed by atoms with Crippen LogP contribution >= 0.6 is 11.6 Å². The van der Waals surface area contributed by atoms with Crippen LogP contribution in [0.2, 0.25) is 5.02 Å². The summed E-state index contributed by atoms with van der Waals surface area (Å²) in [6.45, 7) is -0.0658. The van der Waals surface area contributed by atoms with E-state index in [1.807, 2.05) is 0 Å². The van der Waals surface area contributed by atoms with Crippen LogP contribution < -0.4 is 0 Å². The molecule has 6 nitrogen and oxygen atoms in total. The van der Waals surface area contributed by atoms with Gasteiger partial charge in [-0.05, 0) is 17.7 Å². The average Bonchev–Trinajstić information content (AvgIpc) is 2.73. The summed E-state index contributed by atoms with van der Waals surface area (Å²) in [6, 6.07) is 3.76. The second kappa shape index (κ2) is 6.33. The Balaban J connectivity index is 2.22. The Hall–Kier alpha value is -2.12. The second-order valence-electron chi connectivity index (χ2n) is 4.75. The predicted molar refractivity (Wildman–Crippen MR) is 76.3 cm³/mol. The number of hydroxylamine groups is 2. The van der Waals surface area contributed by atoms with Gasteiger partial charge in [0.25, 0.3) is 11.8 Å². The van der Waals surface area contributed by atoms with Gasteiger partial charge in [-0.2, -0.15) is 0 Å². The lowest BCUT2D eigenvalue weighted by atomic mass is 10.2. The van der Waals surface area contributed by atoms with Crippen LogP contribution in [0.25, 0.3) is 0 Å². The molecule has 0 unspecified atom stereocenters. The molecule has 1 N–H and O–H groups in total. The van der Waals surface area contributed by atoms with E-state index < -0.39 is 23.4 Å². The third kappa shape index (κ3) is 3.05. The molecule has 0 radical (unpaired) electrons. The van der Waals surface area contributed by atoms with Crippen molar-refractivity contribution < 1.29 is 23.9 Å². The number of rotatable bonds is 4. The SMILES string of the molecule is CON(Cc1ccc(F)cc1Cl)C(=O)C1=C(O)C(=O)N(C)C1. The van der Waals surface area contributed by atoms with Crippen molar-refractivity contribution in [3.8, 4) is 0 Å². The highest BCUT2D eigenvalue weighted by molar-refractivity contribution is 6.31. The topological polar surface area (TPSA) is 70.1 Å². The smallest absolute Gasteiger partial charge is 0.289 e. The molecule has 22 heavy (non-hydrogen) atoms. The first-order chi connectivity index (χ1) is 10.3. The van der Waals surface area contributed by atoms with Crippen molar-refractivity contribution >= 4 is 23.4 Å². The number of hydrogen-bond acceptors (Lipinski definition) is 4. The zero-order chi connectivity index (χ0) is 16.4. The Labute approximate surface area is 131 Å². The van der Waals surface area contributed by atoms with Crippen LogP contribution in [-0.4, -0.2) is 47.6 Å². The highest BCUT2D eigenvalue weighted by Crippen LogP contribution is 2.22. The summed E-state index contributed by atoms with van der Waals surface area (Å²) in [6.07, 6.45) is 0. The number of carbonyl (C=O) groups is 2. The zero-order valence-electron chi connectivity index (χ0n) is 12.0. The minimum absolute atomic E-state index is 0.0134. The maximum Gasteiger partial charge on any atom is 0.289 e.